The van der Waals surface area contributed by atoms with Crippen molar-refractivity contribution in [3.05, 3.63) is 84.2 Å². The maximum atomic E-state index is 12.4. The zero-order chi connectivity index (χ0) is 22.3. The van der Waals surface area contributed by atoms with Crippen LogP contribution in [0.1, 0.15) is 15.9 Å². The second kappa shape index (κ2) is 9.88. The summed E-state index contributed by atoms with van der Waals surface area (Å²) in [5.74, 6) is -0.0129. The van der Waals surface area contributed by atoms with Gasteiger partial charge in [0.2, 0.25) is 11.8 Å². The van der Waals surface area contributed by atoms with Crippen LogP contribution in [0, 0.1) is 6.92 Å². The Labute approximate surface area is 188 Å². The van der Waals surface area contributed by atoms with E-state index in [0.717, 1.165) is 17.3 Å². The standard InChI is InChI=1S/C23H19N5O3S/c1-15-9-10-18(12-19(15)26-21(30)16-6-3-2-4-7-16)25-20(29)14-32-23-28-27-22(31-23)17-8-5-11-24-13-17/h2-13H,14H2,1H3,(H,25,29)(H,26,30). The van der Waals surface area contributed by atoms with Crippen LogP contribution in [0.2, 0.25) is 0 Å². The van der Waals surface area contributed by atoms with Gasteiger partial charge in [-0.05, 0) is 48.9 Å². The van der Waals surface area contributed by atoms with Gasteiger partial charge in [-0.1, -0.05) is 36.0 Å². The summed E-state index contributed by atoms with van der Waals surface area (Å²) in [7, 11) is 0. The zero-order valence-electron chi connectivity index (χ0n) is 17.1. The van der Waals surface area contributed by atoms with Crippen molar-refractivity contribution in [2.24, 2.45) is 0 Å². The maximum Gasteiger partial charge on any atom is 0.277 e. The fourth-order valence-corrected chi connectivity index (χ4v) is 3.38. The number of hydrogen-bond acceptors (Lipinski definition) is 7. The molecule has 0 saturated carbocycles. The van der Waals surface area contributed by atoms with Crippen LogP contribution in [-0.4, -0.2) is 32.7 Å². The van der Waals surface area contributed by atoms with Crippen molar-refractivity contribution in [3.63, 3.8) is 0 Å². The second-order valence-corrected chi connectivity index (χ2v) is 7.73. The molecule has 0 aliphatic rings. The molecule has 4 aromatic rings. The van der Waals surface area contributed by atoms with Gasteiger partial charge in [-0.3, -0.25) is 14.6 Å². The van der Waals surface area contributed by atoms with Crippen LogP contribution in [0.25, 0.3) is 11.5 Å². The molecule has 0 radical (unpaired) electrons. The Morgan fingerprint density at radius 1 is 1.00 bits per heavy atom. The van der Waals surface area contributed by atoms with E-state index >= 15 is 0 Å². The Bertz CT molecular complexity index is 1230. The van der Waals surface area contributed by atoms with Gasteiger partial charge in [0.25, 0.3) is 11.1 Å². The number of nitrogens with one attached hydrogen (secondary N) is 2. The van der Waals surface area contributed by atoms with Gasteiger partial charge in [-0.15, -0.1) is 10.2 Å². The number of benzene rings is 2. The molecule has 9 heteroatoms. The topological polar surface area (TPSA) is 110 Å². The number of aromatic nitrogens is 3. The van der Waals surface area contributed by atoms with Crippen LogP contribution in [-0.2, 0) is 4.79 Å². The van der Waals surface area contributed by atoms with Crippen molar-refractivity contribution >= 4 is 35.0 Å². The minimum atomic E-state index is -0.236. The lowest BCUT2D eigenvalue weighted by atomic mass is 10.1. The lowest BCUT2D eigenvalue weighted by Gasteiger charge is -2.11. The number of pyridine rings is 1. The van der Waals surface area contributed by atoms with E-state index in [2.05, 4.69) is 25.8 Å². The number of aryl methyl sites for hydroxylation is 1. The summed E-state index contributed by atoms with van der Waals surface area (Å²) < 4.78 is 5.56. The average Bonchev–Trinajstić information content (AvgIpc) is 3.30. The van der Waals surface area contributed by atoms with E-state index in [-0.39, 0.29) is 17.6 Å². The monoisotopic (exact) mass is 445 g/mol. The van der Waals surface area contributed by atoms with Gasteiger partial charge in [0.1, 0.15) is 0 Å². The van der Waals surface area contributed by atoms with Crippen LogP contribution in [0.4, 0.5) is 11.4 Å². The van der Waals surface area contributed by atoms with Crippen molar-refractivity contribution in [2.75, 3.05) is 16.4 Å². The van der Waals surface area contributed by atoms with Gasteiger partial charge < -0.3 is 15.1 Å². The molecule has 32 heavy (non-hydrogen) atoms. The predicted octanol–water partition coefficient (Wildman–Crippen LogP) is 4.42. The van der Waals surface area contributed by atoms with Crippen molar-refractivity contribution < 1.29 is 14.0 Å². The largest absolute Gasteiger partial charge is 0.411 e. The van der Waals surface area contributed by atoms with Crippen LogP contribution in [0.15, 0.2) is 82.7 Å². The summed E-state index contributed by atoms with van der Waals surface area (Å²) in [4.78, 5) is 28.8. The van der Waals surface area contributed by atoms with Crippen molar-refractivity contribution in [1.29, 1.82) is 0 Å². The molecule has 0 aliphatic heterocycles. The minimum Gasteiger partial charge on any atom is -0.411 e. The summed E-state index contributed by atoms with van der Waals surface area (Å²) in [5, 5.41) is 13.9. The van der Waals surface area contributed by atoms with Crippen molar-refractivity contribution in [3.8, 4) is 11.5 Å². The molecule has 0 aliphatic carbocycles. The highest BCUT2D eigenvalue weighted by Gasteiger charge is 2.13. The molecule has 0 unspecified atom stereocenters. The highest BCUT2D eigenvalue weighted by Crippen LogP contribution is 2.24. The molecule has 0 atom stereocenters. The summed E-state index contributed by atoms with van der Waals surface area (Å²) in [6.07, 6.45) is 3.28. The first-order valence-corrected chi connectivity index (χ1v) is 10.7. The Morgan fingerprint density at radius 3 is 2.62 bits per heavy atom. The van der Waals surface area contributed by atoms with E-state index in [0.29, 0.717) is 33.6 Å². The predicted molar refractivity (Wildman–Crippen MR) is 122 cm³/mol. The summed E-state index contributed by atoms with van der Waals surface area (Å²) in [6, 6.07) is 17.9. The average molecular weight is 446 g/mol. The van der Waals surface area contributed by atoms with E-state index < -0.39 is 0 Å². The fraction of sp³-hybridized carbons (Fsp3) is 0.0870. The van der Waals surface area contributed by atoms with Gasteiger partial charge in [0.15, 0.2) is 0 Å². The molecular formula is C23H19N5O3S. The summed E-state index contributed by atoms with van der Waals surface area (Å²) in [5.41, 5.74) is 3.35. The molecule has 2 N–H and O–H groups in total. The third-order valence-electron chi connectivity index (χ3n) is 4.45. The fourth-order valence-electron chi connectivity index (χ4n) is 2.82. The zero-order valence-corrected chi connectivity index (χ0v) is 17.9. The van der Waals surface area contributed by atoms with Gasteiger partial charge in [-0.25, -0.2) is 0 Å². The molecule has 2 heterocycles. The van der Waals surface area contributed by atoms with Gasteiger partial charge in [0, 0.05) is 29.3 Å². The third-order valence-corrected chi connectivity index (χ3v) is 5.27. The molecule has 2 aromatic carbocycles. The SMILES string of the molecule is Cc1ccc(NC(=O)CSc2nnc(-c3cccnc3)o2)cc1NC(=O)c1ccccc1. The molecule has 0 spiro atoms. The number of carbonyl (C=O) groups is 2. The molecule has 2 aromatic heterocycles. The molecule has 2 amide bonds. The first-order chi connectivity index (χ1) is 15.6. The Balaban J connectivity index is 1.35. The lowest BCUT2D eigenvalue weighted by molar-refractivity contribution is -0.113. The van der Waals surface area contributed by atoms with Gasteiger partial charge in [0.05, 0.1) is 11.3 Å². The van der Waals surface area contributed by atoms with E-state index in [1.54, 1.807) is 54.9 Å². The second-order valence-electron chi connectivity index (χ2n) is 6.80. The quantitative estimate of drug-likeness (QED) is 0.405. The third kappa shape index (κ3) is 5.38. The number of rotatable bonds is 7. The molecule has 8 nitrogen and oxygen atoms in total. The van der Waals surface area contributed by atoms with E-state index in [1.165, 1.54) is 0 Å². The van der Waals surface area contributed by atoms with Crippen molar-refractivity contribution in [2.45, 2.75) is 12.1 Å². The number of amides is 2. The van der Waals surface area contributed by atoms with Crippen LogP contribution >= 0.6 is 11.8 Å². The number of nitrogens with zero attached hydrogens (tertiary/aromatic N) is 3. The summed E-state index contributed by atoms with van der Waals surface area (Å²) in [6.45, 7) is 1.89. The molecule has 0 bridgehead atoms. The minimum absolute atomic E-state index is 0.0915. The van der Waals surface area contributed by atoms with Crippen LogP contribution in [0.5, 0.6) is 0 Å². The van der Waals surface area contributed by atoms with E-state index in [1.807, 2.05) is 25.1 Å². The van der Waals surface area contributed by atoms with Crippen molar-refractivity contribution in [1.82, 2.24) is 15.2 Å². The molecule has 160 valence electrons. The van der Waals surface area contributed by atoms with Crippen LogP contribution < -0.4 is 10.6 Å². The Kier molecular flexibility index (Phi) is 6.57. The normalized spacial score (nSPS) is 10.5. The Hall–Kier alpha value is -3.98. The van der Waals surface area contributed by atoms with Gasteiger partial charge in [-0.2, -0.15) is 0 Å². The number of thioether (sulfide) groups is 1. The van der Waals surface area contributed by atoms with Gasteiger partial charge >= 0.3 is 0 Å². The first-order valence-electron chi connectivity index (χ1n) is 9.72. The molecular weight excluding hydrogens is 426 g/mol. The number of anilines is 2. The number of carbonyl (C=O) groups excluding carboxylic acids is 2. The first kappa shape index (κ1) is 21.3. The van der Waals surface area contributed by atoms with Crippen LogP contribution in [0.3, 0.4) is 0 Å². The lowest BCUT2D eigenvalue weighted by Crippen LogP contribution is -2.15. The highest BCUT2D eigenvalue weighted by atomic mass is 32.2. The van der Waals surface area contributed by atoms with E-state index in [9.17, 15) is 9.59 Å². The Morgan fingerprint density at radius 2 is 1.84 bits per heavy atom. The molecule has 4 rings (SSSR count). The molecule has 0 fully saturated rings. The highest BCUT2D eigenvalue weighted by molar-refractivity contribution is 7.99. The number of hydrogen-bond donors (Lipinski definition) is 2. The van der Waals surface area contributed by atoms with E-state index in [4.69, 9.17) is 4.42 Å². The maximum absolute atomic E-state index is 12.4. The molecule has 0 saturated heterocycles. The smallest absolute Gasteiger partial charge is 0.277 e. The summed E-state index contributed by atoms with van der Waals surface area (Å²) >= 11 is 1.14.